The number of likely N-dealkylation sites (tertiary alicyclic amines) is 1. The molecule has 0 radical (unpaired) electrons. The number of likely N-dealkylation sites (N-methyl/N-ethyl adjacent to an activating group) is 1. The van der Waals surface area contributed by atoms with Crippen LogP contribution >= 0.6 is 0 Å². The fourth-order valence-electron chi connectivity index (χ4n) is 2.64. The van der Waals surface area contributed by atoms with E-state index in [0.717, 1.165) is 31.7 Å². The van der Waals surface area contributed by atoms with E-state index in [9.17, 15) is 4.79 Å². The van der Waals surface area contributed by atoms with Crippen LogP contribution in [0.5, 0.6) is 5.75 Å². The molecule has 1 N–H and O–H groups in total. The van der Waals surface area contributed by atoms with E-state index >= 15 is 0 Å². The first-order valence-electron chi connectivity index (χ1n) is 7.26. The minimum Gasteiger partial charge on any atom is -0.484 e. The highest BCUT2D eigenvalue weighted by Crippen LogP contribution is 2.19. The second kappa shape index (κ2) is 6.75. The first-order valence-corrected chi connectivity index (χ1v) is 7.26. The summed E-state index contributed by atoms with van der Waals surface area (Å²) in [5.41, 5.74) is 2.42. The molecular formula is C16H24N2O2. The summed E-state index contributed by atoms with van der Waals surface area (Å²) in [6.07, 6.45) is 2.16. The molecule has 1 heterocycles. The number of carbonyl (C=O) groups excluding carboxylic acids is 1. The number of hydrogen-bond acceptors (Lipinski definition) is 3. The average molecular weight is 276 g/mol. The monoisotopic (exact) mass is 276 g/mol. The van der Waals surface area contributed by atoms with Crippen molar-refractivity contribution in [2.75, 3.05) is 26.7 Å². The van der Waals surface area contributed by atoms with Crippen molar-refractivity contribution in [3.8, 4) is 5.75 Å². The third-order valence-corrected chi connectivity index (χ3v) is 3.98. The summed E-state index contributed by atoms with van der Waals surface area (Å²) < 4.78 is 5.63. The lowest BCUT2D eigenvalue weighted by molar-refractivity contribution is -0.134. The number of nitrogens with zero attached hydrogens (tertiary/aromatic N) is 1. The van der Waals surface area contributed by atoms with E-state index in [1.807, 2.05) is 37.1 Å². The van der Waals surface area contributed by atoms with E-state index in [1.165, 1.54) is 11.1 Å². The molecule has 1 aliphatic rings. The second-order valence-corrected chi connectivity index (χ2v) is 5.48. The number of hydrogen-bond donors (Lipinski definition) is 1. The van der Waals surface area contributed by atoms with Gasteiger partial charge in [-0.15, -0.1) is 0 Å². The topological polar surface area (TPSA) is 41.6 Å². The smallest absolute Gasteiger partial charge is 0.260 e. The van der Waals surface area contributed by atoms with Crippen LogP contribution in [0, 0.1) is 13.8 Å². The molecule has 1 aromatic carbocycles. The van der Waals surface area contributed by atoms with Gasteiger partial charge in [0.15, 0.2) is 6.61 Å². The maximum Gasteiger partial charge on any atom is 0.260 e. The van der Waals surface area contributed by atoms with E-state index < -0.39 is 0 Å². The number of ether oxygens (including phenoxy) is 1. The molecule has 110 valence electrons. The van der Waals surface area contributed by atoms with E-state index in [4.69, 9.17) is 4.74 Å². The lowest BCUT2D eigenvalue weighted by Gasteiger charge is -2.24. The molecule has 2 rings (SSSR count). The maximum absolute atomic E-state index is 12.2. The predicted octanol–water partition coefficient (Wildman–Crippen LogP) is 1.89. The standard InChI is InChI=1S/C16H24N2O2/c1-12-6-7-15(9-13(12)2)20-11-16(19)18-8-4-5-14(18)10-17-3/h6-7,9,14,17H,4-5,8,10-11H2,1-3H3. The van der Waals surface area contributed by atoms with Crippen molar-refractivity contribution in [2.45, 2.75) is 32.7 Å². The Kier molecular flexibility index (Phi) is 5.01. The molecule has 1 saturated heterocycles. The Bertz CT molecular complexity index is 474. The van der Waals surface area contributed by atoms with Crippen molar-refractivity contribution in [2.24, 2.45) is 0 Å². The molecule has 1 fully saturated rings. The molecule has 0 saturated carbocycles. The van der Waals surface area contributed by atoms with Crippen LogP contribution in [-0.2, 0) is 4.79 Å². The minimum atomic E-state index is 0.0842. The predicted molar refractivity (Wildman–Crippen MR) is 80.1 cm³/mol. The molecule has 20 heavy (non-hydrogen) atoms. The van der Waals surface area contributed by atoms with Crippen LogP contribution in [-0.4, -0.2) is 43.6 Å². The van der Waals surface area contributed by atoms with Crippen LogP contribution in [0.1, 0.15) is 24.0 Å². The molecule has 0 spiro atoms. The number of carbonyl (C=O) groups is 1. The average Bonchev–Trinajstić information content (AvgIpc) is 2.88. The van der Waals surface area contributed by atoms with Gasteiger partial charge < -0.3 is 15.0 Å². The Morgan fingerprint density at radius 2 is 2.20 bits per heavy atom. The maximum atomic E-state index is 12.2. The molecule has 1 amide bonds. The Morgan fingerprint density at radius 3 is 2.90 bits per heavy atom. The molecule has 0 aliphatic carbocycles. The van der Waals surface area contributed by atoms with Crippen LogP contribution in [0.15, 0.2) is 18.2 Å². The van der Waals surface area contributed by atoms with E-state index in [0.29, 0.717) is 6.04 Å². The largest absolute Gasteiger partial charge is 0.484 e. The van der Waals surface area contributed by atoms with Crippen LogP contribution in [0.2, 0.25) is 0 Å². The summed E-state index contributed by atoms with van der Waals surface area (Å²) in [6, 6.07) is 6.24. The summed E-state index contributed by atoms with van der Waals surface area (Å²) >= 11 is 0. The zero-order valence-electron chi connectivity index (χ0n) is 12.6. The minimum absolute atomic E-state index is 0.0842. The van der Waals surface area contributed by atoms with Gasteiger partial charge in [0.2, 0.25) is 0 Å². The molecule has 0 bridgehead atoms. The van der Waals surface area contributed by atoms with Gasteiger partial charge in [-0.3, -0.25) is 4.79 Å². The Balaban J connectivity index is 1.89. The normalized spacial score (nSPS) is 18.4. The van der Waals surface area contributed by atoms with Crippen molar-refractivity contribution in [3.63, 3.8) is 0 Å². The van der Waals surface area contributed by atoms with Crippen LogP contribution in [0.3, 0.4) is 0 Å². The number of benzene rings is 1. The lowest BCUT2D eigenvalue weighted by Crippen LogP contribution is -2.43. The fourth-order valence-corrected chi connectivity index (χ4v) is 2.64. The van der Waals surface area contributed by atoms with E-state index in [1.54, 1.807) is 0 Å². The summed E-state index contributed by atoms with van der Waals surface area (Å²) in [5, 5.41) is 3.15. The number of nitrogens with one attached hydrogen (secondary N) is 1. The SMILES string of the molecule is CNCC1CCCN1C(=O)COc1ccc(C)c(C)c1. The Labute approximate surface area is 121 Å². The number of rotatable bonds is 5. The number of amides is 1. The van der Waals surface area contributed by atoms with Crippen molar-refractivity contribution >= 4 is 5.91 Å². The molecule has 1 aliphatic heterocycles. The van der Waals surface area contributed by atoms with Crippen molar-refractivity contribution < 1.29 is 9.53 Å². The zero-order chi connectivity index (χ0) is 14.5. The van der Waals surface area contributed by atoms with E-state index in [-0.39, 0.29) is 12.5 Å². The van der Waals surface area contributed by atoms with Crippen molar-refractivity contribution in [1.29, 1.82) is 0 Å². The fraction of sp³-hybridized carbons (Fsp3) is 0.562. The molecule has 1 atom stereocenters. The van der Waals surface area contributed by atoms with Crippen molar-refractivity contribution in [3.05, 3.63) is 29.3 Å². The van der Waals surface area contributed by atoms with Gasteiger partial charge in [0, 0.05) is 19.1 Å². The van der Waals surface area contributed by atoms with E-state index in [2.05, 4.69) is 12.2 Å². The Hall–Kier alpha value is -1.55. The molecule has 0 aromatic heterocycles. The quantitative estimate of drug-likeness (QED) is 0.893. The molecule has 4 nitrogen and oxygen atoms in total. The lowest BCUT2D eigenvalue weighted by atomic mass is 10.1. The first kappa shape index (κ1) is 14.9. The summed E-state index contributed by atoms with van der Waals surface area (Å²) in [6.45, 7) is 5.95. The van der Waals surface area contributed by atoms with Crippen LogP contribution in [0.25, 0.3) is 0 Å². The Morgan fingerprint density at radius 1 is 1.40 bits per heavy atom. The van der Waals surface area contributed by atoms with Crippen LogP contribution in [0.4, 0.5) is 0 Å². The van der Waals surface area contributed by atoms with Gasteiger partial charge in [-0.1, -0.05) is 6.07 Å². The van der Waals surface area contributed by atoms with Gasteiger partial charge in [0.05, 0.1) is 0 Å². The number of aryl methyl sites for hydroxylation is 2. The van der Waals surface area contributed by atoms with Crippen molar-refractivity contribution in [1.82, 2.24) is 10.2 Å². The molecule has 4 heteroatoms. The van der Waals surface area contributed by atoms with Gasteiger partial charge in [0.25, 0.3) is 5.91 Å². The molecule has 1 unspecified atom stereocenters. The third-order valence-electron chi connectivity index (χ3n) is 3.98. The summed E-state index contributed by atoms with van der Waals surface area (Å²) in [4.78, 5) is 14.2. The highest BCUT2D eigenvalue weighted by Gasteiger charge is 2.28. The molecule has 1 aromatic rings. The summed E-state index contributed by atoms with van der Waals surface area (Å²) in [7, 11) is 1.92. The zero-order valence-corrected chi connectivity index (χ0v) is 12.6. The third kappa shape index (κ3) is 3.51. The van der Waals surface area contributed by atoms with Crippen LogP contribution < -0.4 is 10.1 Å². The van der Waals surface area contributed by atoms with Gasteiger partial charge in [0.1, 0.15) is 5.75 Å². The first-order chi connectivity index (χ1) is 9.61. The summed E-state index contributed by atoms with van der Waals surface area (Å²) in [5.74, 6) is 0.854. The van der Waals surface area contributed by atoms with Gasteiger partial charge in [-0.25, -0.2) is 0 Å². The highest BCUT2D eigenvalue weighted by atomic mass is 16.5. The van der Waals surface area contributed by atoms with Gasteiger partial charge in [-0.05, 0) is 57.0 Å². The highest BCUT2D eigenvalue weighted by molar-refractivity contribution is 5.78. The second-order valence-electron chi connectivity index (χ2n) is 5.48. The van der Waals surface area contributed by atoms with Gasteiger partial charge in [-0.2, -0.15) is 0 Å². The van der Waals surface area contributed by atoms with Gasteiger partial charge >= 0.3 is 0 Å². The molecular weight excluding hydrogens is 252 g/mol.